The molecular formula is C20H21ClO4S. The summed E-state index contributed by atoms with van der Waals surface area (Å²) < 4.78 is 38.4. The van der Waals surface area contributed by atoms with Gasteiger partial charge in [0.2, 0.25) is 0 Å². The standard InChI is InChI=1S/C20H21ClO4S/c1-13-17-16(21)20(26(22,23)15-10-6-3-7-11-15)19(25-17)18(13)24-12-14-8-4-2-5-9-14/h2-11,13,16-20H,12H2,1H3/t13-,16-,17+,18-,19-,20+/m0/s1. The van der Waals surface area contributed by atoms with Crippen LogP contribution in [0.1, 0.15) is 12.5 Å². The Kier molecular flexibility index (Phi) is 4.82. The monoisotopic (exact) mass is 392 g/mol. The van der Waals surface area contributed by atoms with Crippen molar-refractivity contribution in [3.05, 3.63) is 66.2 Å². The first-order valence-electron chi connectivity index (χ1n) is 8.74. The zero-order valence-corrected chi connectivity index (χ0v) is 15.9. The number of rotatable bonds is 5. The van der Waals surface area contributed by atoms with Crippen LogP contribution < -0.4 is 0 Å². The van der Waals surface area contributed by atoms with Crippen molar-refractivity contribution in [3.63, 3.8) is 0 Å². The molecule has 4 rings (SSSR count). The molecule has 0 radical (unpaired) electrons. The van der Waals surface area contributed by atoms with Crippen molar-refractivity contribution < 1.29 is 17.9 Å². The van der Waals surface area contributed by atoms with Gasteiger partial charge in [-0.05, 0) is 17.7 Å². The summed E-state index contributed by atoms with van der Waals surface area (Å²) in [5, 5.41) is -1.37. The first-order valence-corrected chi connectivity index (χ1v) is 10.7. The van der Waals surface area contributed by atoms with E-state index in [4.69, 9.17) is 21.1 Å². The van der Waals surface area contributed by atoms with E-state index in [2.05, 4.69) is 0 Å². The van der Waals surface area contributed by atoms with Gasteiger partial charge in [-0.2, -0.15) is 0 Å². The molecule has 0 N–H and O–H groups in total. The summed E-state index contributed by atoms with van der Waals surface area (Å²) in [5.74, 6) is 0.0495. The second-order valence-electron chi connectivity index (χ2n) is 6.95. The highest BCUT2D eigenvalue weighted by Crippen LogP contribution is 2.47. The summed E-state index contributed by atoms with van der Waals surface area (Å²) in [6.07, 6.45) is -1.16. The Hall–Kier alpha value is -1.40. The highest BCUT2D eigenvalue weighted by atomic mass is 35.5. The Bertz CT molecular complexity index is 856. The first kappa shape index (κ1) is 18.0. The quantitative estimate of drug-likeness (QED) is 0.731. The summed E-state index contributed by atoms with van der Waals surface area (Å²) >= 11 is 6.53. The van der Waals surface area contributed by atoms with Gasteiger partial charge in [0, 0.05) is 5.92 Å². The lowest BCUT2D eigenvalue weighted by Gasteiger charge is -2.33. The molecule has 0 spiro atoms. The van der Waals surface area contributed by atoms with Crippen LogP contribution in [0.5, 0.6) is 0 Å². The van der Waals surface area contributed by atoms with Crippen LogP contribution in [0.15, 0.2) is 65.6 Å². The minimum atomic E-state index is -3.59. The van der Waals surface area contributed by atoms with E-state index >= 15 is 0 Å². The van der Waals surface area contributed by atoms with Gasteiger partial charge in [0.15, 0.2) is 9.84 Å². The molecule has 6 heteroatoms. The minimum Gasteiger partial charge on any atom is -0.370 e. The third kappa shape index (κ3) is 2.97. The predicted molar refractivity (Wildman–Crippen MR) is 99.9 cm³/mol. The number of fused-ring (bicyclic) bond motifs is 2. The number of benzene rings is 2. The second-order valence-corrected chi connectivity index (χ2v) is 9.56. The van der Waals surface area contributed by atoms with Crippen LogP contribution in [-0.4, -0.2) is 37.4 Å². The Labute approximate surface area is 159 Å². The summed E-state index contributed by atoms with van der Waals surface area (Å²) in [5.41, 5.74) is 1.05. The number of hydrogen-bond acceptors (Lipinski definition) is 4. The predicted octanol–water partition coefficient (Wildman–Crippen LogP) is 3.44. The molecule has 6 atom stereocenters. The lowest BCUT2D eigenvalue weighted by atomic mass is 9.87. The molecule has 2 aromatic carbocycles. The van der Waals surface area contributed by atoms with Crippen LogP contribution >= 0.6 is 11.6 Å². The van der Waals surface area contributed by atoms with Crippen molar-refractivity contribution >= 4 is 21.4 Å². The van der Waals surface area contributed by atoms with Crippen LogP contribution in [0.4, 0.5) is 0 Å². The Balaban J connectivity index is 1.58. The first-order chi connectivity index (χ1) is 12.5. The lowest BCUT2D eigenvalue weighted by Crippen LogP contribution is -2.50. The Morgan fingerprint density at radius 3 is 2.23 bits per heavy atom. The van der Waals surface area contributed by atoms with E-state index in [-0.39, 0.29) is 23.0 Å². The second kappa shape index (κ2) is 6.97. The molecular weight excluding hydrogens is 372 g/mol. The van der Waals surface area contributed by atoms with Gasteiger partial charge in [-0.3, -0.25) is 0 Å². The largest absolute Gasteiger partial charge is 0.370 e. The van der Waals surface area contributed by atoms with Gasteiger partial charge in [0.05, 0.1) is 29.1 Å². The lowest BCUT2D eigenvalue weighted by molar-refractivity contribution is -0.0196. The van der Waals surface area contributed by atoms with E-state index in [1.807, 2.05) is 37.3 Å². The van der Waals surface area contributed by atoms with Gasteiger partial charge < -0.3 is 9.47 Å². The van der Waals surface area contributed by atoms with Crippen molar-refractivity contribution in [3.8, 4) is 0 Å². The highest BCUT2D eigenvalue weighted by Gasteiger charge is 2.62. The Morgan fingerprint density at radius 1 is 1.00 bits per heavy atom. The molecule has 26 heavy (non-hydrogen) atoms. The van der Waals surface area contributed by atoms with Crippen molar-refractivity contribution in [2.24, 2.45) is 5.92 Å². The fraction of sp³-hybridized carbons (Fsp3) is 0.400. The molecule has 2 aliphatic rings. The maximum absolute atomic E-state index is 13.1. The molecule has 2 aromatic rings. The van der Waals surface area contributed by atoms with Crippen LogP contribution in [0.2, 0.25) is 0 Å². The van der Waals surface area contributed by atoms with E-state index in [0.29, 0.717) is 6.61 Å². The number of halogens is 1. The number of hydrogen-bond donors (Lipinski definition) is 0. The molecule has 2 bridgehead atoms. The van der Waals surface area contributed by atoms with Crippen LogP contribution in [0.3, 0.4) is 0 Å². The summed E-state index contributed by atoms with van der Waals surface area (Å²) in [4.78, 5) is 0.279. The van der Waals surface area contributed by atoms with Crippen molar-refractivity contribution in [2.75, 3.05) is 0 Å². The van der Waals surface area contributed by atoms with E-state index in [1.165, 1.54) is 0 Å². The third-order valence-electron chi connectivity index (χ3n) is 5.34. The summed E-state index contributed by atoms with van der Waals surface area (Å²) in [7, 11) is -3.59. The minimum absolute atomic E-state index is 0.0495. The normalized spacial score (nSPS) is 33.5. The van der Waals surface area contributed by atoms with Gasteiger partial charge in [0.1, 0.15) is 11.4 Å². The smallest absolute Gasteiger partial charge is 0.185 e. The molecule has 0 amide bonds. The third-order valence-corrected chi connectivity index (χ3v) is 8.22. The zero-order valence-electron chi connectivity index (χ0n) is 14.4. The fourth-order valence-corrected chi connectivity index (χ4v) is 6.75. The molecule has 138 valence electrons. The molecule has 0 unspecified atom stereocenters. The molecule has 2 fully saturated rings. The van der Waals surface area contributed by atoms with Gasteiger partial charge in [-0.25, -0.2) is 8.42 Å². The van der Waals surface area contributed by atoms with E-state index in [1.54, 1.807) is 30.3 Å². The van der Waals surface area contributed by atoms with Crippen molar-refractivity contribution in [1.29, 1.82) is 0 Å². The summed E-state index contributed by atoms with van der Waals surface area (Å²) in [6.45, 7) is 2.44. The van der Waals surface area contributed by atoms with Crippen molar-refractivity contribution in [2.45, 2.75) is 47.4 Å². The van der Waals surface area contributed by atoms with Gasteiger partial charge >= 0.3 is 0 Å². The molecule has 0 aliphatic carbocycles. The topological polar surface area (TPSA) is 52.6 Å². The van der Waals surface area contributed by atoms with Gasteiger partial charge in [0.25, 0.3) is 0 Å². The number of ether oxygens (including phenoxy) is 2. The Morgan fingerprint density at radius 2 is 1.62 bits per heavy atom. The van der Waals surface area contributed by atoms with E-state index in [0.717, 1.165) is 5.56 Å². The van der Waals surface area contributed by atoms with Gasteiger partial charge in [-0.1, -0.05) is 55.5 Å². The average Bonchev–Trinajstić information content (AvgIpc) is 3.16. The van der Waals surface area contributed by atoms with Crippen LogP contribution in [0, 0.1) is 5.92 Å². The van der Waals surface area contributed by atoms with Gasteiger partial charge in [-0.15, -0.1) is 11.6 Å². The number of sulfone groups is 1. The van der Waals surface area contributed by atoms with E-state index < -0.39 is 26.6 Å². The van der Waals surface area contributed by atoms with Crippen molar-refractivity contribution in [1.82, 2.24) is 0 Å². The SMILES string of the molecule is C[C@H]1[C@H]2O[C@@H]([C@H]1OCc1ccccc1)[C@H](S(=O)(=O)c1ccccc1)[C@H]2Cl. The van der Waals surface area contributed by atoms with E-state index in [9.17, 15) is 8.42 Å². The fourth-order valence-electron chi connectivity index (χ4n) is 3.99. The molecule has 0 aromatic heterocycles. The maximum Gasteiger partial charge on any atom is 0.185 e. The molecule has 2 heterocycles. The van der Waals surface area contributed by atoms with Crippen LogP contribution in [-0.2, 0) is 25.9 Å². The average molecular weight is 393 g/mol. The number of alkyl halides is 1. The molecule has 2 aliphatic heterocycles. The maximum atomic E-state index is 13.1. The summed E-state index contributed by atoms with van der Waals surface area (Å²) in [6, 6.07) is 18.3. The molecule has 4 nitrogen and oxygen atoms in total. The van der Waals surface area contributed by atoms with Crippen LogP contribution in [0.25, 0.3) is 0 Å². The molecule has 0 saturated carbocycles. The zero-order chi connectivity index (χ0) is 18.3. The highest BCUT2D eigenvalue weighted by molar-refractivity contribution is 7.92. The molecule has 2 saturated heterocycles.